The molecule has 0 aromatic carbocycles. The van der Waals surface area contributed by atoms with E-state index in [0.717, 1.165) is 6.54 Å². The normalized spacial score (nSPS) is 12.2. The Morgan fingerprint density at radius 2 is 2.10 bits per heavy atom. The van der Waals surface area contributed by atoms with Crippen LogP contribution >= 0.6 is 0 Å². The van der Waals surface area contributed by atoms with Gasteiger partial charge in [0.2, 0.25) is 10.0 Å². The molecule has 0 bridgehead atoms. The lowest BCUT2D eigenvalue weighted by molar-refractivity contribution is 0.0834. The molecule has 0 aliphatic carbocycles. The number of hydrogen-bond donors (Lipinski definition) is 3. The van der Waals surface area contributed by atoms with Crippen molar-refractivity contribution in [3.63, 3.8) is 0 Å². The molecule has 0 radical (unpaired) electrons. The van der Waals surface area contributed by atoms with Crippen molar-refractivity contribution < 1.29 is 13.2 Å². The Hall–Kier alpha value is -0.960. The highest BCUT2D eigenvalue weighted by atomic mass is 32.2. The molecular formula is C12H24N4O3S. The van der Waals surface area contributed by atoms with Gasteiger partial charge in [-0.25, -0.2) is 13.1 Å². The monoisotopic (exact) mass is 304 g/mol. The second-order valence-electron chi connectivity index (χ2n) is 4.72. The molecule has 3 N–H and O–H groups in total. The van der Waals surface area contributed by atoms with Gasteiger partial charge in [-0.2, -0.15) is 5.10 Å². The van der Waals surface area contributed by atoms with Gasteiger partial charge in [0.05, 0.1) is 24.1 Å². The van der Waals surface area contributed by atoms with Crippen molar-refractivity contribution in [1.29, 1.82) is 0 Å². The summed E-state index contributed by atoms with van der Waals surface area (Å²) in [6.45, 7) is 9.21. The van der Waals surface area contributed by atoms with Crippen LogP contribution in [-0.2, 0) is 21.3 Å². The Balaban J connectivity index is 2.73. The molecule has 8 heteroatoms. The van der Waals surface area contributed by atoms with E-state index in [1.165, 1.54) is 0 Å². The molecule has 0 fully saturated rings. The van der Waals surface area contributed by atoms with Crippen LogP contribution < -0.4 is 10.0 Å². The first-order chi connectivity index (χ1) is 9.38. The summed E-state index contributed by atoms with van der Waals surface area (Å²) in [6.07, 6.45) is 0.0829. The zero-order valence-corrected chi connectivity index (χ0v) is 13.3. The number of ether oxygens (including phenoxy) is 1. The first kappa shape index (κ1) is 17.1. The molecule has 0 saturated heterocycles. The maximum absolute atomic E-state index is 12.3. The van der Waals surface area contributed by atoms with Gasteiger partial charge in [0.25, 0.3) is 0 Å². The summed E-state index contributed by atoms with van der Waals surface area (Å²) in [7, 11) is -3.57. The molecule has 116 valence electrons. The SMILES string of the molecule is CCNCc1n[nH]c(C)c1S(=O)(=O)NCCOC(C)C. The fourth-order valence-electron chi connectivity index (χ4n) is 1.73. The van der Waals surface area contributed by atoms with E-state index < -0.39 is 10.0 Å². The Bertz CT molecular complexity index is 511. The molecule has 0 atom stereocenters. The summed E-state index contributed by atoms with van der Waals surface area (Å²) in [4.78, 5) is 0.225. The van der Waals surface area contributed by atoms with E-state index in [0.29, 0.717) is 24.5 Å². The molecule has 20 heavy (non-hydrogen) atoms. The molecule has 1 rings (SSSR count). The van der Waals surface area contributed by atoms with Crippen molar-refractivity contribution in [1.82, 2.24) is 20.2 Å². The van der Waals surface area contributed by atoms with Crippen molar-refractivity contribution >= 4 is 10.0 Å². The maximum Gasteiger partial charge on any atom is 0.244 e. The summed E-state index contributed by atoms with van der Waals surface area (Å²) in [5.74, 6) is 0. The summed E-state index contributed by atoms with van der Waals surface area (Å²) < 4.78 is 32.4. The van der Waals surface area contributed by atoms with Crippen LogP contribution in [0.3, 0.4) is 0 Å². The lowest BCUT2D eigenvalue weighted by Gasteiger charge is -2.10. The van der Waals surface area contributed by atoms with Crippen LogP contribution in [0.25, 0.3) is 0 Å². The minimum atomic E-state index is -3.57. The first-order valence-corrected chi connectivity index (χ1v) is 8.22. The molecule has 1 aromatic heterocycles. The van der Waals surface area contributed by atoms with Gasteiger partial charge in [-0.05, 0) is 27.3 Å². The highest BCUT2D eigenvalue weighted by molar-refractivity contribution is 7.89. The Morgan fingerprint density at radius 3 is 2.70 bits per heavy atom. The Kier molecular flexibility index (Phi) is 6.60. The van der Waals surface area contributed by atoms with Crippen molar-refractivity contribution in [2.24, 2.45) is 0 Å². The predicted octanol–water partition coefficient (Wildman–Crippen LogP) is 0.531. The molecule has 1 aromatic rings. The fraction of sp³-hybridized carbons (Fsp3) is 0.750. The molecule has 0 unspecified atom stereocenters. The number of H-pyrrole nitrogens is 1. The van der Waals surface area contributed by atoms with E-state index >= 15 is 0 Å². The summed E-state index contributed by atoms with van der Waals surface area (Å²) >= 11 is 0. The molecule has 0 aliphatic rings. The van der Waals surface area contributed by atoms with Crippen molar-refractivity contribution in [3.05, 3.63) is 11.4 Å². The van der Waals surface area contributed by atoms with Crippen molar-refractivity contribution in [2.45, 2.75) is 45.2 Å². The number of aromatic amines is 1. The Morgan fingerprint density at radius 1 is 1.40 bits per heavy atom. The van der Waals surface area contributed by atoms with Crippen LogP contribution in [0.15, 0.2) is 4.90 Å². The van der Waals surface area contributed by atoms with Crippen LogP contribution in [-0.4, -0.2) is 44.4 Å². The summed E-state index contributed by atoms with van der Waals surface area (Å²) in [5, 5.41) is 9.83. The van der Waals surface area contributed by atoms with Gasteiger partial charge >= 0.3 is 0 Å². The lowest BCUT2D eigenvalue weighted by Crippen LogP contribution is -2.29. The average Bonchev–Trinajstić information content (AvgIpc) is 2.74. The van der Waals surface area contributed by atoms with Gasteiger partial charge < -0.3 is 10.1 Å². The number of hydrogen-bond acceptors (Lipinski definition) is 5. The topological polar surface area (TPSA) is 96.1 Å². The van der Waals surface area contributed by atoms with E-state index in [1.807, 2.05) is 20.8 Å². The van der Waals surface area contributed by atoms with Gasteiger partial charge in [0, 0.05) is 13.1 Å². The van der Waals surface area contributed by atoms with Crippen LogP contribution in [0.4, 0.5) is 0 Å². The molecule has 0 aliphatic heterocycles. The quantitative estimate of drug-likeness (QED) is 0.578. The van der Waals surface area contributed by atoms with E-state index in [2.05, 4.69) is 20.2 Å². The van der Waals surface area contributed by atoms with E-state index in [1.54, 1.807) is 6.92 Å². The third-order valence-electron chi connectivity index (χ3n) is 2.62. The third kappa shape index (κ3) is 4.86. The minimum absolute atomic E-state index is 0.0829. The van der Waals surface area contributed by atoms with E-state index in [9.17, 15) is 8.42 Å². The molecular weight excluding hydrogens is 280 g/mol. The van der Waals surface area contributed by atoms with E-state index in [4.69, 9.17) is 4.74 Å². The highest BCUT2D eigenvalue weighted by Gasteiger charge is 2.23. The fourth-order valence-corrected chi connectivity index (χ4v) is 3.11. The minimum Gasteiger partial charge on any atom is -0.377 e. The smallest absolute Gasteiger partial charge is 0.244 e. The maximum atomic E-state index is 12.3. The second-order valence-corrected chi connectivity index (χ2v) is 6.43. The zero-order chi connectivity index (χ0) is 15.2. The van der Waals surface area contributed by atoms with Crippen molar-refractivity contribution in [2.75, 3.05) is 19.7 Å². The standard InChI is InChI=1S/C12H24N4O3S/c1-5-13-8-11-12(10(4)15-16-11)20(17,18)14-6-7-19-9(2)3/h9,13-14H,5-8H2,1-4H3,(H,15,16). The molecule has 0 saturated carbocycles. The third-order valence-corrected chi connectivity index (χ3v) is 4.28. The zero-order valence-electron chi connectivity index (χ0n) is 12.5. The van der Waals surface area contributed by atoms with Crippen LogP contribution in [0.1, 0.15) is 32.2 Å². The number of aromatic nitrogens is 2. The largest absolute Gasteiger partial charge is 0.377 e. The number of sulfonamides is 1. The molecule has 0 amide bonds. The number of aryl methyl sites for hydroxylation is 1. The lowest BCUT2D eigenvalue weighted by atomic mass is 10.3. The Labute approximate surface area is 120 Å². The van der Waals surface area contributed by atoms with Crippen molar-refractivity contribution in [3.8, 4) is 0 Å². The first-order valence-electron chi connectivity index (χ1n) is 6.74. The van der Waals surface area contributed by atoms with Gasteiger partial charge in [-0.15, -0.1) is 0 Å². The predicted molar refractivity (Wildman–Crippen MR) is 77.0 cm³/mol. The molecule has 7 nitrogen and oxygen atoms in total. The summed E-state index contributed by atoms with van der Waals surface area (Å²) in [6, 6.07) is 0. The number of nitrogens with one attached hydrogen (secondary N) is 3. The number of rotatable bonds is 9. The molecule has 1 heterocycles. The van der Waals surface area contributed by atoms with Crippen LogP contribution in [0.5, 0.6) is 0 Å². The van der Waals surface area contributed by atoms with Gasteiger partial charge in [-0.1, -0.05) is 6.92 Å². The van der Waals surface area contributed by atoms with Gasteiger partial charge in [0.15, 0.2) is 0 Å². The highest BCUT2D eigenvalue weighted by Crippen LogP contribution is 2.17. The van der Waals surface area contributed by atoms with E-state index in [-0.39, 0.29) is 17.5 Å². The average molecular weight is 304 g/mol. The second kappa shape index (κ2) is 7.72. The molecule has 0 spiro atoms. The number of nitrogens with zero attached hydrogens (tertiary/aromatic N) is 1. The van der Waals surface area contributed by atoms with Crippen LogP contribution in [0.2, 0.25) is 0 Å². The summed E-state index contributed by atoms with van der Waals surface area (Å²) in [5.41, 5.74) is 1.04. The van der Waals surface area contributed by atoms with Gasteiger partial charge in [0.1, 0.15) is 4.90 Å². The van der Waals surface area contributed by atoms with Gasteiger partial charge in [-0.3, -0.25) is 5.10 Å². The van der Waals surface area contributed by atoms with Crippen LogP contribution in [0, 0.1) is 6.92 Å².